The maximum absolute atomic E-state index is 4.40. The fraction of sp³-hybridized carbons (Fsp3) is 0.300. The summed E-state index contributed by atoms with van der Waals surface area (Å²) in [6.07, 6.45) is 5.01. The van der Waals surface area contributed by atoms with Crippen molar-refractivity contribution in [3.8, 4) is 0 Å². The molecule has 3 rings (SSSR count). The zero-order valence-corrected chi connectivity index (χ0v) is 17.6. The van der Waals surface area contributed by atoms with Crippen LogP contribution in [0.2, 0.25) is 0 Å². The normalized spacial score (nSPS) is 11.2. The minimum Gasteiger partial charge on any atom is -0.356 e. The largest absolute Gasteiger partial charge is 0.356 e. The Balaban J connectivity index is 0.00000243. The van der Waals surface area contributed by atoms with Gasteiger partial charge in [-0.15, -0.1) is 24.0 Å². The predicted octanol–water partition coefficient (Wildman–Crippen LogP) is 3.72. The number of guanidine groups is 1. The Morgan fingerprint density at radius 2 is 1.96 bits per heavy atom. The van der Waals surface area contributed by atoms with Gasteiger partial charge >= 0.3 is 0 Å². The smallest absolute Gasteiger partial charge is 0.191 e. The molecule has 0 saturated carbocycles. The van der Waals surface area contributed by atoms with E-state index in [9.17, 15) is 0 Å². The van der Waals surface area contributed by atoms with E-state index >= 15 is 0 Å². The monoisotopic (exact) mass is 463 g/mol. The number of aromatic nitrogens is 2. The molecule has 0 spiro atoms. The van der Waals surface area contributed by atoms with Crippen LogP contribution >= 0.6 is 24.0 Å². The average Bonchev–Trinajstić information content (AvgIpc) is 3.05. The van der Waals surface area contributed by atoms with Gasteiger partial charge < -0.3 is 15.2 Å². The minimum absolute atomic E-state index is 0. The topological polar surface area (TPSA) is 54.2 Å². The number of halogens is 1. The van der Waals surface area contributed by atoms with Crippen molar-refractivity contribution < 1.29 is 0 Å². The van der Waals surface area contributed by atoms with E-state index in [1.807, 2.05) is 12.3 Å². The molecule has 5 nitrogen and oxygen atoms in total. The van der Waals surface area contributed by atoms with Gasteiger partial charge in [0, 0.05) is 38.0 Å². The Hall–Kier alpha value is -2.09. The second-order valence-electron chi connectivity index (χ2n) is 6.04. The number of nitrogens with zero attached hydrogens (tertiary/aromatic N) is 3. The molecular weight excluding hydrogens is 437 g/mol. The van der Waals surface area contributed by atoms with Crippen molar-refractivity contribution in [3.05, 3.63) is 66.1 Å². The number of hydrogen-bond acceptors (Lipinski definition) is 2. The molecule has 0 aliphatic heterocycles. The third-order valence-electron chi connectivity index (χ3n) is 4.31. The molecule has 0 radical (unpaired) electrons. The van der Waals surface area contributed by atoms with Crippen LogP contribution in [-0.2, 0) is 13.1 Å². The van der Waals surface area contributed by atoms with Crippen LogP contribution in [0.15, 0.2) is 59.9 Å². The number of rotatable bonds is 6. The van der Waals surface area contributed by atoms with Crippen LogP contribution in [0.1, 0.15) is 17.7 Å². The third kappa shape index (κ3) is 5.20. The maximum atomic E-state index is 4.40. The Bertz CT molecular complexity index is 856. The molecular formula is C20H26IN5. The first-order valence-electron chi connectivity index (χ1n) is 8.67. The van der Waals surface area contributed by atoms with Crippen molar-refractivity contribution in [3.63, 3.8) is 0 Å². The van der Waals surface area contributed by atoms with E-state index in [0.29, 0.717) is 6.54 Å². The number of hydrogen-bond donors (Lipinski definition) is 2. The molecule has 0 aliphatic carbocycles. The summed E-state index contributed by atoms with van der Waals surface area (Å²) >= 11 is 0. The zero-order chi connectivity index (χ0) is 17.5. The highest BCUT2D eigenvalue weighted by atomic mass is 127. The molecule has 138 valence electrons. The number of benzene rings is 1. The predicted molar refractivity (Wildman–Crippen MR) is 119 cm³/mol. The van der Waals surface area contributed by atoms with Gasteiger partial charge in [0.25, 0.3) is 0 Å². The molecule has 0 unspecified atom stereocenters. The molecule has 0 atom stereocenters. The highest BCUT2D eigenvalue weighted by Crippen LogP contribution is 2.15. The summed E-state index contributed by atoms with van der Waals surface area (Å²) in [4.78, 5) is 8.67. The molecule has 0 amide bonds. The first kappa shape index (κ1) is 20.2. The Labute approximate surface area is 172 Å². The van der Waals surface area contributed by atoms with Gasteiger partial charge in [-0.3, -0.25) is 9.98 Å². The van der Waals surface area contributed by atoms with Crippen molar-refractivity contribution in [2.75, 3.05) is 13.6 Å². The molecule has 2 N–H and O–H groups in total. The summed E-state index contributed by atoms with van der Waals surface area (Å²) in [5.74, 6) is 0.808. The zero-order valence-electron chi connectivity index (χ0n) is 15.3. The molecule has 0 aliphatic rings. The van der Waals surface area contributed by atoms with Crippen molar-refractivity contribution in [2.45, 2.75) is 26.4 Å². The van der Waals surface area contributed by atoms with Gasteiger partial charge in [0.1, 0.15) is 0 Å². The number of para-hydroxylation sites is 1. The van der Waals surface area contributed by atoms with Gasteiger partial charge in [-0.05, 0) is 42.5 Å². The Morgan fingerprint density at radius 1 is 1.12 bits per heavy atom. The van der Waals surface area contributed by atoms with Gasteiger partial charge in [0.05, 0.1) is 12.2 Å². The first-order valence-corrected chi connectivity index (χ1v) is 8.67. The molecule has 6 heteroatoms. The van der Waals surface area contributed by atoms with Gasteiger partial charge in [-0.2, -0.15) is 0 Å². The summed E-state index contributed by atoms with van der Waals surface area (Å²) in [7, 11) is 1.79. The van der Waals surface area contributed by atoms with Crippen molar-refractivity contribution in [1.29, 1.82) is 0 Å². The highest BCUT2D eigenvalue weighted by molar-refractivity contribution is 14.0. The molecule has 0 bridgehead atoms. The van der Waals surface area contributed by atoms with E-state index in [-0.39, 0.29) is 24.0 Å². The second-order valence-corrected chi connectivity index (χ2v) is 6.04. The Morgan fingerprint density at radius 3 is 2.77 bits per heavy atom. The lowest BCUT2D eigenvalue weighted by atomic mass is 10.2. The van der Waals surface area contributed by atoms with Crippen molar-refractivity contribution in [2.24, 2.45) is 4.99 Å². The van der Waals surface area contributed by atoms with Gasteiger partial charge in [-0.25, -0.2) is 0 Å². The van der Waals surface area contributed by atoms with E-state index in [4.69, 9.17) is 0 Å². The van der Waals surface area contributed by atoms with E-state index in [1.54, 1.807) is 7.05 Å². The van der Waals surface area contributed by atoms with E-state index in [2.05, 4.69) is 74.7 Å². The van der Waals surface area contributed by atoms with Crippen LogP contribution in [-0.4, -0.2) is 29.1 Å². The molecule has 0 fully saturated rings. The quantitative estimate of drug-likeness (QED) is 0.254. The van der Waals surface area contributed by atoms with Gasteiger partial charge in [0.2, 0.25) is 0 Å². The van der Waals surface area contributed by atoms with Crippen molar-refractivity contribution >= 4 is 40.8 Å². The van der Waals surface area contributed by atoms with Crippen LogP contribution in [0.3, 0.4) is 0 Å². The van der Waals surface area contributed by atoms with E-state index in [1.165, 1.54) is 16.5 Å². The van der Waals surface area contributed by atoms with Crippen LogP contribution in [0, 0.1) is 6.92 Å². The summed E-state index contributed by atoms with van der Waals surface area (Å²) < 4.78 is 2.30. The molecule has 26 heavy (non-hydrogen) atoms. The number of nitrogens with one attached hydrogen (secondary N) is 2. The molecule has 3 aromatic rings. The lowest BCUT2D eigenvalue weighted by molar-refractivity contribution is 0.640. The fourth-order valence-electron chi connectivity index (χ4n) is 2.88. The molecule has 0 saturated heterocycles. The van der Waals surface area contributed by atoms with Crippen LogP contribution < -0.4 is 10.6 Å². The lowest BCUT2D eigenvalue weighted by Gasteiger charge is -2.13. The fourth-order valence-corrected chi connectivity index (χ4v) is 2.88. The van der Waals surface area contributed by atoms with Crippen LogP contribution in [0.25, 0.3) is 10.9 Å². The molecule has 1 aromatic carbocycles. The molecule has 2 aromatic heterocycles. The standard InChI is InChI=1S/C20H25N5.HI/c1-16-7-5-11-22-18(16)15-24-20(21-2)23-12-6-13-25-14-10-17-8-3-4-9-19(17)25;/h3-5,7-11,14H,6,12-13,15H2,1-2H3,(H2,21,23,24);1H. The SMILES string of the molecule is CN=C(NCCCn1ccc2ccccc21)NCc1ncccc1C.I. The summed E-state index contributed by atoms with van der Waals surface area (Å²) in [6, 6.07) is 14.7. The summed E-state index contributed by atoms with van der Waals surface area (Å²) in [6.45, 7) is 4.60. The number of aliphatic imine (C=N–C) groups is 1. The lowest BCUT2D eigenvalue weighted by Crippen LogP contribution is -2.37. The molecule has 2 heterocycles. The second kappa shape index (κ2) is 10.2. The van der Waals surface area contributed by atoms with E-state index < -0.39 is 0 Å². The van der Waals surface area contributed by atoms with Crippen LogP contribution in [0.5, 0.6) is 0 Å². The number of aryl methyl sites for hydroxylation is 2. The highest BCUT2D eigenvalue weighted by Gasteiger charge is 2.02. The van der Waals surface area contributed by atoms with Gasteiger partial charge in [-0.1, -0.05) is 24.3 Å². The Kier molecular flexibility index (Phi) is 7.90. The first-order chi connectivity index (χ1) is 12.3. The number of fused-ring (bicyclic) bond motifs is 1. The van der Waals surface area contributed by atoms with E-state index in [0.717, 1.165) is 31.2 Å². The third-order valence-corrected chi connectivity index (χ3v) is 4.31. The van der Waals surface area contributed by atoms with Crippen molar-refractivity contribution in [1.82, 2.24) is 20.2 Å². The summed E-state index contributed by atoms with van der Waals surface area (Å²) in [5, 5.41) is 7.98. The number of pyridine rings is 1. The maximum Gasteiger partial charge on any atom is 0.191 e. The van der Waals surface area contributed by atoms with Crippen LogP contribution in [0.4, 0.5) is 0 Å². The van der Waals surface area contributed by atoms with Gasteiger partial charge in [0.15, 0.2) is 5.96 Å². The summed E-state index contributed by atoms with van der Waals surface area (Å²) in [5.41, 5.74) is 3.52. The minimum atomic E-state index is 0. The average molecular weight is 463 g/mol.